The molecule has 8 heteroatoms. The first kappa shape index (κ1) is 19.9. The summed E-state index contributed by atoms with van der Waals surface area (Å²) in [6.45, 7) is 4.41. The summed E-state index contributed by atoms with van der Waals surface area (Å²) in [5.74, 6) is -2.22. The van der Waals surface area contributed by atoms with Gasteiger partial charge >= 0.3 is 17.9 Å². The minimum atomic E-state index is -1.22. The van der Waals surface area contributed by atoms with Crippen molar-refractivity contribution in [3.05, 3.63) is 24.3 Å². The molecule has 0 saturated carbocycles. The van der Waals surface area contributed by atoms with E-state index < -0.39 is 48.4 Å². The van der Waals surface area contributed by atoms with Crippen molar-refractivity contribution >= 4 is 17.9 Å². The zero-order valence-electron chi connectivity index (χ0n) is 13.7. The van der Waals surface area contributed by atoms with Gasteiger partial charge in [-0.2, -0.15) is 0 Å². The van der Waals surface area contributed by atoms with Crippen LogP contribution in [0.4, 0.5) is 0 Å². The fourth-order valence-electron chi connectivity index (χ4n) is 1.80. The molecule has 1 rings (SSSR count). The molecule has 0 amide bonds. The molecule has 0 aliphatic carbocycles. The van der Waals surface area contributed by atoms with Crippen LogP contribution in [0, 0.1) is 0 Å². The van der Waals surface area contributed by atoms with Crippen LogP contribution in [-0.4, -0.2) is 58.6 Å². The van der Waals surface area contributed by atoms with Crippen molar-refractivity contribution in [2.45, 2.75) is 57.7 Å². The van der Waals surface area contributed by atoms with E-state index >= 15 is 0 Å². The highest BCUT2D eigenvalue weighted by atomic mass is 16.6. The van der Waals surface area contributed by atoms with Gasteiger partial charge in [-0.25, -0.2) is 9.59 Å². The van der Waals surface area contributed by atoms with Crippen LogP contribution < -0.4 is 0 Å². The van der Waals surface area contributed by atoms with Crippen molar-refractivity contribution in [3.8, 4) is 0 Å². The highest BCUT2D eigenvalue weighted by Gasteiger charge is 2.21. The van der Waals surface area contributed by atoms with Crippen LogP contribution in [0.25, 0.3) is 0 Å². The highest BCUT2D eigenvalue weighted by Crippen LogP contribution is 2.08. The van der Waals surface area contributed by atoms with Gasteiger partial charge in [0.1, 0.15) is 30.5 Å². The van der Waals surface area contributed by atoms with Gasteiger partial charge in [-0.1, -0.05) is 0 Å². The summed E-state index contributed by atoms with van der Waals surface area (Å²) in [5.41, 5.74) is 0. The molecule has 0 fully saturated rings. The number of cyclic esters (lactones) is 3. The van der Waals surface area contributed by atoms with E-state index in [0.717, 1.165) is 24.3 Å². The van der Waals surface area contributed by atoms with Crippen molar-refractivity contribution in [3.63, 3.8) is 0 Å². The van der Waals surface area contributed by atoms with Crippen LogP contribution in [0.3, 0.4) is 0 Å². The zero-order valence-corrected chi connectivity index (χ0v) is 13.7. The van der Waals surface area contributed by atoms with Gasteiger partial charge in [0.05, 0.1) is 6.42 Å². The molecule has 5 atom stereocenters. The van der Waals surface area contributed by atoms with E-state index in [1.807, 2.05) is 0 Å². The van der Waals surface area contributed by atoms with Crippen molar-refractivity contribution in [2.24, 2.45) is 0 Å². The molecule has 0 radical (unpaired) electrons. The Morgan fingerprint density at radius 1 is 0.833 bits per heavy atom. The summed E-state index contributed by atoms with van der Waals surface area (Å²) in [7, 11) is 0. The van der Waals surface area contributed by atoms with Gasteiger partial charge in [-0.3, -0.25) is 4.79 Å². The predicted molar refractivity (Wildman–Crippen MR) is 81.6 cm³/mol. The second-order valence-electron chi connectivity index (χ2n) is 5.49. The molecule has 0 unspecified atom stereocenters. The van der Waals surface area contributed by atoms with E-state index in [1.54, 1.807) is 0 Å². The topological polar surface area (TPSA) is 119 Å². The fraction of sp³-hybridized carbons (Fsp3) is 0.562. The normalized spacial score (nSPS) is 36.2. The maximum Gasteiger partial charge on any atom is 0.330 e. The molecular weight excluding hydrogens is 320 g/mol. The lowest BCUT2D eigenvalue weighted by Gasteiger charge is -2.19. The largest absolute Gasteiger partial charge is 0.459 e. The van der Waals surface area contributed by atoms with Crippen molar-refractivity contribution in [1.82, 2.24) is 0 Å². The predicted octanol–water partition coefficient (Wildman–Crippen LogP) is 0.0194. The number of carbonyl (C=O) groups excluding carboxylic acids is 3. The van der Waals surface area contributed by atoms with E-state index in [9.17, 15) is 24.6 Å². The van der Waals surface area contributed by atoms with Crippen LogP contribution >= 0.6 is 0 Å². The third kappa shape index (κ3) is 6.93. The summed E-state index contributed by atoms with van der Waals surface area (Å²) in [4.78, 5) is 34.9. The van der Waals surface area contributed by atoms with Gasteiger partial charge in [0.25, 0.3) is 0 Å². The molecule has 0 bridgehead atoms. The zero-order chi connectivity index (χ0) is 18.3. The standard InChI is InChI=1S/C16H22O8/c1-9-8-16(21)24-11(3)13(18)5-7-15(20)23-10(2)12(17)4-6-14(19)22-9/h4-7,9-13,17-18H,8H2,1-3H3/b6-4+,7-5+/t9-,10-,11-,12+,13+/m0/s1. The summed E-state index contributed by atoms with van der Waals surface area (Å²) in [6, 6.07) is 0. The Kier molecular flexibility index (Phi) is 7.60. The second kappa shape index (κ2) is 9.19. The van der Waals surface area contributed by atoms with Crippen molar-refractivity contribution < 1.29 is 38.8 Å². The minimum Gasteiger partial charge on any atom is -0.459 e. The molecule has 0 aromatic rings. The Morgan fingerprint density at radius 3 is 1.83 bits per heavy atom. The van der Waals surface area contributed by atoms with Gasteiger partial charge in [0, 0.05) is 12.2 Å². The molecule has 0 spiro atoms. The number of carbonyl (C=O) groups is 3. The minimum absolute atomic E-state index is 0.193. The van der Waals surface area contributed by atoms with Gasteiger partial charge in [0.2, 0.25) is 0 Å². The molecule has 1 aliphatic heterocycles. The molecule has 0 aromatic heterocycles. The van der Waals surface area contributed by atoms with Crippen LogP contribution in [0.5, 0.6) is 0 Å². The monoisotopic (exact) mass is 342 g/mol. The SMILES string of the molecule is C[C@@H]1OC(=O)/C=C/[C@@H](O)[C@H](C)OC(=O)C[C@H](C)OC(=O)/C=C/[C@H]1O. The number of aliphatic hydroxyl groups excluding tert-OH is 2. The van der Waals surface area contributed by atoms with Gasteiger partial charge in [-0.05, 0) is 32.9 Å². The number of rotatable bonds is 0. The van der Waals surface area contributed by atoms with Gasteiger partial charge in [0.15, 0.2) is 0 Å². The summed E-state index contributed by atoms with van der Waals surface area (Å²) < 4.78 is 14.9. The van der Waals surface area contributed by atoms with E-state index in [2.05, 4.69) is 0 Å². The first-order valence-electron chi connectivity index (χ1n) is 7.52. The van der Waals surface area contributed by atoms with E-state index in [4.69, 9.17) is 14.2 Å². The molecule has 8 nitrogen and oxygen atoms in total. The van der Waals surface area contributed by atoms with Crippen LogP contribution in [0.2, 0.25) is 0 Å². The lowest BCUT2D eigenvalue weighted by molar-refractivity contribution is -0.157. The third-order valence-electron chi connectivity index (χ3n) is 3.21. The van der Waals surface area contributed by atoms with Crippen molar-refractivity contribution in [1.29, 1.82) is 0 Å². The summed E-state index contributed by atoms with van der Waals surface area (Å²) in [5, 5.41) is 19.6. The molecule has 1 aliphatic rings. The Bertz CT molecular complexity index is 524. The molecule has 134 valence electrons. The first-order valence-corrected chi connectivity index (χ1v) is 7.52. The fourth-order valence-corrected chi connectivity index (χ4v) is 1.80. The second-order valence-corrected chi connectivity index (χ2v) is 5.49. The number of esters is 3. The summed E-state index contributed by atoms with van der Waals surface area (Å²) >= 11 is 0. The van der Waals surface area contributed by atoms with Crippen molar-refractivity contribution in [2.75, 3.05) is 0 Å². The molecule has 0 aromatic carbocycles. The molecule has 24 heavy (non-hydrogen) atoms. The third-order valence-corrected chi connectivity index (χ3v) is 3.21. The Balaban J connectivity index is 2.91. The smallest absolute Gasteiger partial charge is 0.330 e. The molecule has 2 N–H and O–H groups in total. The van der Waals surface area contributed by atoms with E-state index in [0.29, 0.717) is 0 Å². The van der Waals surface area contributed by atoms with E-state index in [1.165, 1.54) is 20.8 Å². The average Bonchev–Trinajstić information content (AvgIpc) is 2.48. The molecular formula is C16H22O8. The van der Waals surface area contributed by atoms with Gasteiger partial charge in [-0.15, -0.1) is 0 Å². The Labute approximate surface area is 139 Å². The Morgan fingerprint density at radius 2 is 1.29 bits per heavy atom. The van der Waals surface area contributed by atoms with Crippen LogP contribution in [0.15, 0.2) is 24.3 Å². The highest BCUT2D eigenvalue weighted by molar-refractivity contribution is 5.83. The van der Waals surface area contributed by atoms with Crippen LogP contribution in [-0.2, 0) is 28.6 Å². The maximum atomic E-state index is 11.7. The molecule has 0 saturated heterocycles. The lowest BCUT2D eigenvalue weighted by atomic mass is 10.2. The number of hydrogen-bond donors (Lipinski definition) is 2. The average molecular weight is 342 g/mol. The Hall–Kier alpha value is -2.19. The quantitative estimate of drug-likeness (QED) is 0.467. The first-order chi connectivity index (χ1) is 11.2. The lowest BCUT2D eigenvalue weighted by Crippen LogP contribution is -2.30. The maximum absolute atomic E-state index is 11.7. The van der Waals surface area contributed by atoms with Crippen LogP contribution in [0.1, 0.15) is 27.2 Å². The summed E-state index contributed by atoms with van der Waals surface area (Å²) in [6.07, 6.45) is -0.961. The van der Waals surface area contributed by atoms with E-state index in [-0.39, 0.29) is 6.42 Å². The number of hydrogen-bond acceptors (Lipinski definition) is 8. The number of aliphatic hydroxyl groups is 2. The van der Waals surface area contributed by atoms with Gasteiger partial charge < -0.3 is 24.4 Å². The molecule has 1 heterocycles. The number of ether oxygens (including phenoxy) is 3.